The summed E-state index contributed by atoms with van der Waals surface area (Å²) in [5.74, 6) is 0.929. The van der Waals surface area contributed by atoms with Crippen molar-refractivity contribution >= 4 is 17.7 Å². The maximum atomic E-state index is 10.9. The zero-order valence-corrected chi connectivity index (χ0v) is 8.24. The molecule has 0 spiro atoms. The quantitative estimate of drug-likeness (QED) is 0.474. The predicted octanol–water partition coefficient (Wildman–Crippen LogP) is 2.08. The Bertz CT molecular complexity index is 115. The molecule has 0 heterocycles. The van der Waals surface area contributed by atoms with Crippen LogP contribution in [0.25, 0.3) is 0 Å². The van der Waals surface area contributed by atoms with E-state index in [9.17, 15) is 4.79 Å². The lowest BCUT2D eigenvalue weighted by Gasteiger charge is -2.07. The van der Waals surface area contributed by atoms with Gasteiger partial charge in [0.05, 0.1) is 12.4 Å². The number of rotatable bonds is 5. The fourth-order valence-corrected chi connectivity index (χ4v) is 1.68. The molecule has 1 atom stereocenters. The van der Waals surface area contributed by atoms with Crippen molar-refractivity contribution in [3.63, 3.8) is 0 Å². The van der Waals surface area contributed by atoms with Gasteiger partial charge >= 0.3 is 5.97 Å². The molecule has 0 amide bonds. The normalized spacial score (nSPS) is 12.6. The summed E-state index contributed by atoms with van der Waals surface area (Å²) >= 11 is 1.66. The molecule has 2 nitrogen and oxygen atoms in total. The topological polar surface area (TPSA) is 26.3 Å². The van der Waals surface area contributed by atoms with E-state index < -0.39 is 0 Å². The average molecular weight is 176 g/mol. The molecule has 0 aromatic carbocycles. The Morgan fingerprint density at radius 1 is 1.64 bits per heavy atom. The summed E-state index contributed by atoms with van der Waals surface area (Å²) in [6, 6.07) is 0. The highest BCUT2D eigenvalue weighted by Crippen LogP contribution is 2.13. The van der Waals surface area contributed by atoms with E-state index in [4.69, 9.17) is 0 Å². The van der Waals surface area contributed by atoms with E-state index in [1.165, 1.54) is 20.0 Å². The minimum atomic E-state index is -0.119. The third-order valence-electron chi connectivity index (χ3n) is 1.40. The molecule has 0 aliphatic carbocycles. The van der Waals surface area contributed by atoms with Gasteiger partial charge in [0, 0.05) is 0 Å². The first-order chi connectivity index (χ1) is 5.22. The highest BCUT2D eigenvalue weighted by atomic mass is 32.2. The first kappa shape index (κ1) is 10.8. The Balaban J connectivity index is 3.36. The first-order valence-corrected chi connectivity index (χ1v) is 4.96. The number of unbranched alkanes of at least 4 members (excludes halogenated alkanes) is 1. The molecule has 0 aromatic heterocycles. The molecule has 0 rings (SSSR count). The summed E-state index contributed by atoms with van der Waals surface area (Å²) in [7, 11) is 1.43. The molecule has 0 fully saturated rings. The number of carbonyl (C=O) groups excluding carboxylic acids is 1. The highest BCUT2D eigenvalue weighted by molar-refractivity contribution is 8.00. The summed E-state index contributed by atoms with van der Waals surface area (Å²) in [5, 5.41) is -0.00782. The molecule has 0 N–H and O–H groups in total. The van der Waals surface area contributed by atoms with Crippen molar-refractivity contribution in [1.82, 2.24) is 0 Å². The van der Waals surface area contributed by atoms with Gasteiger partial charge in [-0.1, -0.05) is 13.3 Å². The molecule has 1 unspecified atom stereocenters. The van der Waals surface area contributed by atoms with Crippen LogP contribution in [0.4, 0.5) is 0 Å². The number of esters is 1. The lowest BCUT2D eigenvalue weighted by molar-refractivity contribution is -0.139. The van der Waals surface area contributed by atoms with Crippen LogP contribution in [0.3, 0.4) is 0 Å². The van der Waals surface area contributed by atoms with Gasteiger partial charge in [0.2, 0.25) is 0 Å². The minimum absolute atomic E-state index is 0.00782. The second-order valence-corrected chi connectivity index (χ2v) is 3.84. The Labute approximate surface area is 72.7 Å². The van der Waals surface area contributed by atoms with Crippen molar-refractivity contribution < 1.29 is 9.53 Å². The molecular weight excluding hydrogens is 160 g/mol. The van der Waals surface area contributed by atoms with Gasteiger partial charge in [0.1, 0.15) is 0 Å². The van der Waals surface area contributed by atoms with Gasteiger partial charge in [-0.2, -0.15) is 0 Å². The molecule has 3 heteroatoms. The molecule has 0 aliphatic rings. The van der Waals surface area contributed by atoms with E-state index in [1.807, 2.05) is 6.92 Å². The average Bonchev–Trinajstić information content (AvgIpc) is 2.03. The second kappa shape index (κ2) is 6.53. The van der Waals surface area contributed by atoms with E-state index in [2.05, 4.69) is 11.7 Å². The smallest absolute Gasteiger partial charge is 0.318 e. The number of thioether (sulfide) groups is 1. The van der Waals surface area contributed by atoms with Crippen LogP contribution in [0.5, 0.6) is 0 Å². The molecule has 0 bridgehead atoms. The predicted molar refractivity (Wildman–Crippen MR) is 48.8 cm³/mol. The zero-order chi connectivity index (χ0) is 8.69. The summed E-state index contributed by atoms with van der Waals surface area (Å²) in [6.45, 7) is 4.02. The molecule has 66 valence electrons. The molecule has 0 saturated heterocycles. The van der Waals surface area contributed by atoms with Gasteiger partial charge in [-0.3, -0.25) is 4.79 Å². The Morgan fingerprint density at radius 2 is 2.27 bits per heavy atom. The van der Waals surface area contributed by atoms with Crippen molar-refractivity contribution in [3.8, 4) is 0 Å². The van der Waals surface area contributed by atoms with Crippen LogP contribution >= 0.6 is 11.8 Å². The third kappa shape index (κ3) is 5.13. The first-order valence-electron chi connectivity index (χ1n) is 3.91. The Morgan fingerprint density at radius 3 is 2.73 bits per heavy atom. The van der Waals surface area contributed by atoms with Gasteiger partial charge in [-0.25, -0.2) is 0 Å². The minimum Gasteiger partial charge on any atom is -0.468 e. The fraction of sp³-hybridized carbons (Fsp3) is 0.875. The Kier molecular flexibility index (Phi) is 6.42. The van der Waals surface area contributed by atoms with Crippen LogP contribution in [-0.2, 0) is 9.53 Å². The van der Waals surface area contributed by atoms with Crippen LogP contribution in [0.15, 0.2) is 0 Å². The molecule has 0 aromatic rings. The van der Waals surface area contributed by atoms with Gasteiger partial charge in [-0.05, 0) is 19.1 Å². The number of methoxy groups -OCH3 is 1. The van der Waals surface area contributed by atoms with Crippen molar-refractivity contribution in [2.75, 3.05) is 12.9 Å². The number of hydrogen-bond acceptors (Lipinski definition) is 3. The van der Waals surface area contributed by atoms with Crippen molar-refractivity contribution in [3.05, 3.63) is 0 Å². The Hall–Kier alpha value is -0.180. The van der Waals surface area contributed by atoms with E-state index in [-0.39, 0.29) is 11.2 Å². The number of carbonyl (C=O) groups is 1. The molecule has 0 aliphatic heterocycles. The molecule has 0 saturated carbocycles. The highest BCUT2D eigenvalue weighted by Gasteiger charge is 2.11. The second-order valence-electron chi connectivity index (χ2n) is 2.39. The van der Waals surface area contributed by atoms with Gasteiger partial charge in [0.15, 0.2) is 0 Å². The van der Waals surface area contributed by atoms with Crippen LogP contribution in [0.1, 0.15) is 26.7 Å². The fourth-order valence-electron chi connectivity index (χ4n) is 0.638. The van der Waals surface area contributed by atoms with E-state index in [0.29, 0.717) is 0 Å². The standard InChI is InChI=1S/C8H16O2S/c1-4-5-6-11-7(2)8(9)10-3/h7H,4-6H2,1-3H3. The molecule has 0 radical (unpaired) electrons. The lowest BCUT2D eigenvalue weighted by Crippen LogP contribution is -2.15. The molecule has 11 heavy (non-hydrogen) atoms. The largest absolute Gasteiger partial charge is 0.468 e. The van der Waals surface area contributed by atoms with Crippen LogP contribution in [0.2, 0.25) is 0 Å². The van der Waals surface area contributed by atoms with Crippen LogP contribution in [0, 0.1) is 0 Å². The molecular formula is C8H16O2S. The van der Waals surface area contributed by atoms with Crippen molar-refractivity contribution in [1.29, 1.82) is 0 Å². The number of ether oxygens (including phenoxy) is 1. The van der Waals surface area contributed by atoms with Crippen molar-refractivity contribution in [2.24, 2.45) is 0 Å². The van der Waals surface area contributed by atoms with E-state index in [1.54, 1.807) is 11.8 Å². The zero-order valence-electron chi connectivity index (χ0n) is 7.42. The maximum Gasteiger partial charge on any atom is 0.318 e. The van der Waals surface area contributed by atoms with Crippen LogP contribution < -0.4 is 0 Å². The van der Waals surface area contributed by atoms with E-state index in [0.717, 1.165) is 5.75 Å². The third-order valence-corrected chi connectivity index (χ3v) is 2.62. The maximum absolute atomic E-state index is 10.9. The van der Waals surface area contributed by atoms with Crippen molar-refractivity contribution in [2.45, 2.75) is 31.9 Å². The lowest BCUT2D eigenvalue weighted by atomic mass is 10.4. The summed E-state index contributed by atoms with van der Waals surface area (Å²) in [6.07, 6.45) is 2.35. The number of hydrogen-bond donors (Lipinski definition) is 0. The van der Waals surface area contributed by atoms with E-state index >= 15 is 0 Å². The summed E-state index contributed by atoms with van der Waals surface area (Å²) < 4.78 is 4.58. The monoisotopic (exact) mass is 176 g/mol. The van der Waals surface area contributed by atoms with Crippen LogP contribution in [-0.4, -0.2) is 24.1 Å². The summed E-state index contributed by atoms with van der Waals surface area (Å²) in [5.41, 5.74) is 0. The van der Waals surface area contributed by atoms with Gasteiger partial charge in [0.25, 0.3) is 0 Å². The SMILES string of the molecule is CCCCSC(C)C(=O)OC. The summed E-state index contributed by atoms with van der Waals surface area (Å²) in [4.78, 5) is 10.9. The van der Waals surface area contributed by atoms with Gasteiger partial charge in [-0.15, -0.1) is 11.8 Å². The van der Waals surface area contributed by atoms with Gasteiger partial charge < -0.3 is 4.74 Å².